The number of halogens is 5. The molecular weight excluding hydrogens is 604 g/mol. The van der Waals surface area contributed by atoms with Crippen LogP contribution in [0.15, 0.2) is 38.8 Å². The molecule has 1 saturated heterocycles. The molecule has 3 aromatic rings. The Bertz CT molecular complexity index is 1700. The molecule has 0 spiro atoms. The standard InChI is InChI=1S/C27H31Cl2F3N4O4S/c1-5-41(39,40)22-7-6-18(28)10-17(22)13-36-25(37)19-11-21(27(30,31)32)20(23(29)24(19)33-26(36)38)14-35-9-8-16(12-35)15(2)34(3)4/h6-7,10-11,15-16H,5,8-9,12-14H2,1-4H3,(H,33,38). The Labute approximate surface area is 245 Å². The van der Waals surface area contributed by atoms with Crippen molar-refractivity contribution in [2.45, 2.75) is 50.5 Å². The maximum Gasteiger partial charge on any atom is 0.416 e. The number of aromatic amines is 1. The lowest BCUT2D eigenvalue weighted by Gasteiger charge is -2.27. The second-order valence-corrected chi connectivity index (χ2v) is 13.7. The fraction of sp³-hybridized carbons (Fsp3) is 0.481. The molecule has 1 aliphatic heterocycles. The van der Waals surface area contributed by atoms with E-state index in [1.165, 1.54) is 25.1 Å². The van der Waals surface area contributed by atoms with Crippen molar-refractivity contribution in [3.05, 3.63) is 71.8 Å². The molecule has 0 amide bonds. The zero-order chi connectivity index (χ0) is 30.4. The number of hydrogen-bond acceptors (Lipinski definition) is 6. The van der Waals surface area contributed by atoms with Crippen molar-refractivity contribution in [2.24, 2.45) is 5.92 Å². The van der Waals surface area contributed by atoms with E-state index in [1.807, 2.05) is 19.0 Å². The number of rotatable bonds is 8. The monoisotopic (exact) mass is 634 g/mol. The summed E-state index contributed by atoms with van der Waals surface area (Å²) in [5.41, 5.74) is -3.42. The van der Waals surface area contributed by atoms with E-state index in [0.717, 1.165) is 6.42 Å². The van der Waals surface area contributed by atoms with E-state index in [2.05, 4.69) is 16.8 Å². The summed E-state index contributed by atoms with van der Waals surface area (Å²) >= 11 is 12.6. The van der Waals surface area contributed by atoms with Crippen LogP contribution in [0.2, 0.25) is 10.0 Å². The third-order valence-corrected chi connectivity index (χ3v) is 10.4. The molecule has 0 aliphatic carbocycles. The first kappa shape index (κ1) is 31.6. The first-order valence-electron chi connectivity index (χ1n) is 13.0. The van der Waals surface area contributed by atoms with Crippen LogP contribution in [0.1, 0.15) is 37.0 Å². The second kappa shape index (κ2) is 11.7. The molecule has 0 saturated carbocycles. The lowest BCUT2D eigenvalue weighted by atomic mass is 10.00. The van der Waals surface area contributed by atoms with E-state index in [4.69, 9.17) is 23.2 Å². The molecule has 2 unspecified atom stereocenters. The normalized spacial score (nSPS) is 17.6. The summed E-state index contributed by atoms with van der Waals surface area (Å²) in [6, 6.07) is 4.88. The van der Waals surface area contributed by atoms with Crippen molar-refractivity contribution >= 4 is 43.9 Å². The van der Waals surface area contributed by atoms with Gasteiger partial charge in [-0.3, -0.25) is 14.3 Å². The molecule has 8 nitrogen and oxygen atoms in total. The van der Waals surface area contributed by atoms with E-state index in [0.29, 0.717) is 23.7 Å². The Balaban J connectivity index is 1.82. The molecule has 2 heterocycles. The summed E-state index contributed by atoms with van der Waals surface area (Å²) in [5.74, 6) is 0.0162. The van der Waals surface area contributed by atoms with Crippen molar-refractivity contribution in [3.63, 3.8) is 0 Å². The van der Waals surface area contributed by atoms with Crippen LogP contribution in [0.25, 0.3) is 10.9 Å². The van der Waals surface area contributed by atoms with Crippen LogP contribution in [0, 0.1) is 5.92 Å². The smallest absolute Gasteiger partial charge is 0.306 e. The van der Waals surface area contributed by atoms with Gasteiger partial charge in [0.05, 0.1) is 38.7 Å². The predicted octanol–water partition coefficient (Wildman–Crippen LogP) is 4.63. The summed E-state index contributed by atoms with van der Waals surface area (Å²) < 4.78 is 68.8. The van der Waals surface area contributed by atoms with Gasteiger partial charge in [-0.15, -0.1) is 0 Å². The van der Waals surface area contributed by atoms with Crippen LogP contribution in [-0.2, 0) is 29.1 Å². The van der Waals surface area contributed by atoms with Crippen molar-refractivity contribution in [3.8, 4) is 0 Å². The highest BCUT2D eigenvalue weighted by Gasteiger charge is 2.37. The Morgan fingerprint density at radius 2 is 1.83 bits per heavy atom. The highest BCUT2D eigenvalue weighted by molar-refractivity contribution is 7.91. The molecule has 0 bridgehead atoms. The van der Waals surface area contributed by atoms with Crippen LogP contribution in [-0.4, -0.2) is 66.7 Å². The fourth-order valence-electron chi connectivity index (χ4n) is 5.29. The van der Waals surface area contributed by atoms with E-state index in [9.17, 15) is 31.2 Å². The number of alkyl halides is 3. The zero-order valence-corrected chi connectivity index (χ0v) is 25.3. The number of aromatic nitrogens is 2. The Morgan fingerprint density at radius 3 is 2.44 bits per heavy atom. The van der Waals surface area contributed by atoms with Gasteiger partial charge in [0.2, 0.25) is 0 Å². The highest BCUT2D eigenvalue weighted by Crippen LogP contribution is 2.39. The number of sulfone groups is 1. The number of hydrogen-bond donors (Lipinski definition) is 1. The molecule has 1 aromatic heterocycles. The SMILES string of the molecule is CCS(=O)(=O)c1ccc(Cl)cc1Cn1c(=O)[nH]c2c(Cl)c(CN3CCC(C(C)N(C)C)C3)c(C(F)(F)F)cc2c1=O. The topological polar surface area (TPSA) is 95.5 Å². The minimum absolute atomic E-state index is 0.0561. The van der Waals surface area contributed by atoms with Crippen molar-refractivity contribution in [1.82, 2.24) is 19.4 Å². The highest BCUT2D eigenvalue weighted by atomic mass is 35.5. The third-order valence-electron chi connectivity index (χ3n) is 7.88. The number of benzene rings is 2. The molecule has 4 rings (SSSR count). The molecule has 1 fully saturated rings. The molecule has 0 radical (unpaired) electrons. The zero-order valence-electron chi connectivity index (χ0n) is 23.0. The van der Waals surface area contributed by atoms with Crippen LogP contribution in [0.4, 0.5) is 13.2 Å². The van der Waals surface area contributed by atoms with E-state index >= 15 is 0 Å². The summed E-state index contributed by atoms with van der Waals surface area (Å²) in [6.45, 7) is 4.02. The van der Waals surface area contributed by atoms with Gasteiger partial charge in [0, 0.05) is 24.2 Å². The van der Waals surface area contributed by atoms with Crippen molar-refractivity contribution in [2.75, 3.05) is 32.9 Å². The van der Waals surface area contributed by atoms with Crippen molar-refractivity contribution < 1.29 is 21.6 Å². The summed E-state index contributed by atoms with van der Waals surface area (Å²) in [7, 11) is 0.144. The third kappa shape index (κ3) is 6.36. The van der Waals surface area contributed by atoms with Gasteiger partial charge >= 0.3 is 11.9 Å². The first-order valence-corrected chi connectivity index (χ1v) is 15.4. The number of fused-ring (bicyclic) bond motifs is 1. The van der Waals surface area contributed by atoms with E-state index in [1.54, 1.807) is 0 Å². The average molecular weight is 636 g/mol. The van der Waals surface area contributed by atoms with Gasteiger partial charge in [-0.25, -0.2) is 13.2 Å². The summed E-state index contributed by atoms with van der Waals surface area (Å²) in [5, 5.41) is -0.623. The maximum atomic E-state index is 14.3. The number of likely N-dealkylation sites (tertiary alicyclic amines) is 1. The molecule has 41 heavy (non-hydrogen) atoms. The lowest BCUT2D eigenvalue weighted by Crippen LogP contribution is -2.36. The predicted molar refractivity (Wildman–Crippen MR) is 154 cm³/mol. The molecular formula is C27H31Cl2F3N4O4S. The van der Waals surface area contributed by atoms with Gasteiger partial charge in [0.15, 0.2) is 9.84 Å². The minimum atomic E-state index is -4.83. The van der Waals surface area contributed by atoms with Crippen molar-refractivity contribution in [1.29, 1.82) is 0 Å². The van der Waals surface area contributed by atoms with Crippen LogP contribution < -0.4 is 11.2 Å². The van der Waals surface area contributed by atoms with E-state index < -0.39 is 44.8 Å². The number of nitrogens with one attached hydrogen (secondary N) is 1. The fourth-order valence-corrected chi connectivity index (χ4v) is 6.91. The molecule has 2 atom stereocenters. The molecule has 2 aromatic carbocycles. The Kier molecular flexibility index (Phi) is 9.02. The van der Waals surface area contributed by atoms with Gasteiger partial charge in [-0.05, 0) is 75.3 Å². The molecule has 224 valence electrons. The van der Waals surface area contributed by atoms with Crippen LogP contribution in [0.3, 0.4) is 0 Å². The van der Waals surface area contributed by atoms with Gasteiger partial charge in [-0.1, -0.05) is 30.1 Å². The number of nitrogens with zero attached hydrogens (tertiary/aromatic N) is 3. The van der Waals surface area contributed by atoms with Crippen LogP contribution in [0.5, 0.6) is 0 Å². The van der Waals surface area contributed by atoms with Gasteiger partial charge < -0.3 is 9.88 Å². The summed E-state index contributed by atoms with van der Waals surface area (Å²) in [6.07, 6.45) is -4.02. The largest absolute Gasteiger partial charge is 0.416 e. The second-order valence-electron chi connectivity index (χ2n) is 10.6. The summed E-state index contributed by atoms with van der Waals surface area (Å²) in [4.78, 5) is 32.8. The van der Waals surface area contributed by atoms with Gasteiger partial charge in [0.25, 0.3) is 5.56 Å². The average Bonchev–Trinajstić information content (AvgIpc) is 3.35. The van der Waals surface area contributed by atoms with Gasteiger partial charge in [0.1, 0.15) is 0 Å². The molecule has 1 aliphatic rings. The van der Waals surface area contributed by atoms with E-state index in [-0.39, 0.29) is 55.8 Å². The number of H-pyrrole nitrogens is 1. The lowest BCUT2D eigenvalue weighted by molar-refractivity contribution is -0.138. The minimum Gasteiger partial charge on any atom is -0.306 e. The first-order chi connectivity index (χ1) is 19.0. The molecule has 1 N–H and O–H groups in total. The van der Waals surface area contributed by atoms with Crippen LogP contribution >= 0.6 is 23.2 Å². The molecule has 14 heteroatoms. The Hall–Kier alpha value is -2.38. The Morgan fingerprint density at radius 1 is 1.15 bits per heavy atom. The van der Waals surface area contributed by atoms with Gasteiger partial charge in [-0.2, -0.15) is 13.2 Å². The quantitative estimate of drug-likeness (QED) is 0.388. The maximum absolute atomic E-state index is 14.3.